The van der Waals surface area contributed by atoms with Crippen LogP contribution in [0.15, 0.2) is 39.4 Å². The molecule has 0 unspecified atom stereocenters. The molecule has 3 heterocycles. The van der Waals surface area contributed by atoms with Gasteiger partial charge < -0.3 is 5.11 Å². The molecule has 3 aromatic rings. The van der Waals surface area contributed by atoms with Crippen LogP contribution in [0.5, 0.6) is 5.75 Å². The Morgan fingerprint density at radius 1 is 0.905 bits per heavy atom. The number of anilines is 1. The molecule has 1 aromatic heterocycles. The van der Waals surface area contributed by atoms with Crippen LogP contribution in [-0.2, 0) is 23.2 Å². The molecule has 9 nitrogen and oxygen atoms in total. The van der Waals surface area contributed by atoms with Crippen molar-refractivity contribution in [3.63, 3.8) is 0 Å². The summed E-state index contributed by atoms with van der Waals surface area (Å²) >= 11 is 20.0. The molecule has 4 atom stereocenters. The Bertz CT molecular complexity index is 1910. The van der Waals surface area contributed by atoms with E-state index in [0.29, 0.717) is 0 Å². The van der Waals surface area contributed by atoms with Crippen LogP contribution >= 0.6 is 34.8 Å². The number of benzene rings is 2. The summed E-state index contributed by atoms with van der Waals surface area (Å²) in [6, 6.07) is 2.25. The van der Waals surface area contributed by atoms with Gasteiger partial charge in [-0.05, 0) is 23.8 Å². The van der Waals surface area contributed by atoms with Crippen LogP contribution in [0.4, 0.5) is 27.6 Å². The number of alkyl halides is 2. The predicted molar refractivity (Wildman–Crippen MR) is 137 cm³/mol. The van der Waals surface area contributed by atoms with Crippen LogP contribution in [0.3, 0.4) is 0 Å². The number of phenolic OH excluding ortho intramolecular Hbond substituents is 1. The van der Waals surface area contributed by atoms with Gasteiger partial charge in [0.1, 0.15) is 11.4 Å². The Balaban J connectivity index is 1.68. The van der Waals surface area contributed by atoms with Gasteiger partial charge in [-0.3, -0.25) is 9.59 Å². The summed E-state index contributed by atoms with van der Waals surface area (Å²) < 4.78 is 74.8. The predicted octanol–water partition coefficient (Wildman–Crippen LogP) is 3.60. The third kappa shape index (κ3) is 3.25. The van der Waals surface area contributed by atoms with Crippen molar-refractivity contribution in [3.8, 4) is 5.75 Å². The number of hydrogen-bond acceptors (Lipinski definition) is 5. The molecule has 6 rings (SSSR count). The first kappa shape index (κ1) is 28.5. The summed E-state index contributed by atoms with van der Waals surface area (Å²) in [6.45, 7) is -0.246. The van der Waals surface area contributed by atoms with E-state index in [0.717, 1.165) is 20.0 Å². The van der Waals surface area contributed by atoms with E-state index in [-0.39, 0.29) is 27.6 Å². The van der Waals surface area contributed by atoms with Crippen molar-refractivity contribution in [2.75, 3.05) is 4.90 Å². The maximum absolute atomic E-state index is 15.0. The number of aromatic hydroxyl groups is 1. The van der Waals surface area contributed by atoms with Gasteiger partial charge in [0.25, 0.3) is 11.8 Å². The lowest BCUT2D eigenvalue weighted by Gasteiger charge is -2.49. The van der Waals surface area contributed by atoms with Crippen LogP contribution in [0.1, 0.15) is 23.9 Å². The number of rotatable bonds is 2. The first-order valence-corrected chi connectivity index (χ1v) is 13.1. The quantitative estimate of drug-likeness (QED) is 0.114. The van der Waals surface area contributed by atoms with E-state index in [1.807, 2.05) is 0 Å². The van der Waals surface area contributed by atoms with Crippen molar-refractivity contribution >= 4 is 52.3 Å². The lowest BCUT2D eigenvalue weighted by molar-refractivity contribution is -0.122. The second-order valence-electron chi connectivity index (χ2n) is 9.99. The second kappa shape index (κ2) is 8.94. The summed E-state index contributed by atoms with van der Waals surface area (Å²) in [4.78, 5) is 47.9. The van der Waals surface area contributed by atoms with E-state index >= 15 is 0 Å². The average Bonchev–Trinajstić information content (AvgIpc) is 3.26. The highest BCUT2D eigenvalue weighted by Gasteiger charge is 2.76. The van der Waals surface area contributed by atoms with E-state index in [9.17, 15) is 46.2 Å². The summed E-state index contributed by atoms with van der Waals surface area (Å²) in [7, 11) is 1.18. The van der Waals surface area contributed by atoms with Crippen molar-refractivity contribution in [3.05, 3.63) is 90.5 Å². The van der Waals surface area contributed by atoms with Crippen LogP contribution < -0.4 is 16.3 Å². The highest BCUT2D eigenvalue weighted by molar-refractivity contribution is 6.58. The molecule has 17 heteroatoms. The summed E-state index contributed by atoms with van der Waals surface area (Å²) in [6.07, 6.45) is 0.650. The van der Waals surface area contributed by atoms with Gasteiger partial charge in [-0.15, -0.1) is 23.2 Å². The first-order valence-electron chi connectivity index (χ1n) is 11.9. The minimum atomic E-state index is -2.78. The zero-order valence-electron chi connectivity index (χ0n) is 20.8. The number of carbonyl (C=O) groups is 2. The number of imide groups is 1. The maximum Gasteiger partial charge on any atom is 0.347 e. The number of carbonyl (C=O) groups excluding carboxylic acids is 2. The standard InChI is InChI=1S/C25H14Cl3F5N4O5/c1-34-22(41)35-5-4-9-11(37(35)23(34)42)7-24(27)20(39)36(19-17(32)15(30)14(29)16(31)18(19)33)21(40)25(24,28)13(9)10-6-8(26)2-3-12(10)38/h2-4,6,11,13,38H,5,7H2,1H3/t11-,13-,24-,25+/m1/s1. The number of phenols is 1. The molecule has 42 heavy (non-hydrogen) atoms. The molecule has 0 bridgehead atoms. The van der Waals surface area contributed by atoms with Gasteiger partial charge in [0, 0.05) is 30.0 Å². The molecule has 1 N–H and O–H groups in total. The maximum atomic E-state index is 15.0. The minimum Gasteiger partial charge on any atom is -0.508 e. The van der Waals surface area contributed by atoms with Gasteiger partial charge in [0.05, 0.1) is 12.6 Å². The Kier molecular flexibility index (Phi) is 6.07. The van der Waals surface area contributed by atoms with Gasteiger partial charge >= 0.3 is 11.4 Å². The molecule has 2 aromatic carbocycles. The Morgan fingerprint density at radius 3 is 2.12 bits per heavy atom. The van der Waals surface area contributed by atoms with Crippen LogP contribution in [0.25, 0.3) is 0 Å². The third-order valence-electron chi connectivity index (χ3n) is 7.98. The van der Waals surface area contributed by atoms with Crippen molar-refractivity contribution < 1.29 is 36.6 Å². The number of nitrogens with zero attached hydrogens (tertiary/aromatic N) is 4. The fourth-order valence-corrected chi connectivity index (χ4v) is 7.13. The number of fused-ring (bicyclic) bond motifs is 4. The number of halogens is 8. The zero-order valence-corrected chi connectivity index (χ0v) is 23.0. The van der Waals surface area contributed by atoms with E-state index < -0.39 is 91.8 Å². The molecule has 1 saturated heterocycles. The Labute approximate surface area is 245 Å². The molecule has 2 aliphatic heterocycles. The molecule has 3 aliphatic rings. The molecule has 1 aliphatic carbocycles. The van der Waals surface area contributed by atoms with Crippen LogP contribution in [0.2, 0.25) is 5.02 Å². The van der Waals surface area contributed by atoms with Gasteiger partial charge in [-0.2, -0.15) is 0 Å². The topological polar surface area (TPSA) is 107 Å². The van der Waals surface area contributed by atoms with Gasteiger partial charge in [-0.1, -0.05) is 17.7 Å². The lowest BCUT2D eigenvalue weighted by atomic mass is 9.64. The van der Waals surface area contributed by atoms with Crippen molar-refractivity contribution in [2.45, 2.75) is 34.7 Å². The molecular formula is C25H14Cl3F5N4O5. The molecule has 0 radical (unpaired) electrons. The van der Waals surface area contributed by atoms with E-state index in [2.05, 4.69) is 0 Å². The van der Waals surface area contributed by atoms with Crippen molar-refractivity contribution in [1.82, 2.24) is 13.9 Å². The molecule has 220 valence electrons. The van der Waals surface area contributed by atoms with Gasteiger partial charge in [0.15, 0.2) is 33.0 Å². The monoisotopic (exact) mass is 650 g/mol. The van der Waals surface area contributed by atoms with Gasteiger partial charge in [0.2, 0.25) is 5.82 Å². The summed E-state index contributed by atoms with van der Waals surface area (Å²) in [5, 5.41) is 10.8. The molecule has 2 amide bonds. The third-order valence-corrected chi connectivity index (χ3v) is 9.63. The van der Waals surface area contributed by atoms with Crippen LogP contribution in [0, 0.1) is 29.1 Å². The van der Waals surface area contributed by atoms with E-state index in [1.54, 1.807) is 0 Å². The Hall–Kier alpha value is -3.62. The minimum absolute atomic E-state index is 0.00366. The number of allylic oxidation sites excluding steroid dienone is 2. The second-order valence-corrected chi connectivity index (χ2v) is 11.7. The number of amides is 2. The fourth-order valence-electron chi connectivity index (χ4n) is 6.04. The highest BCUT2D eigenvalue weighted by Crippen LogP contribution is 2.65. The van der Waals surface area contributed by atoms with Crippen LogP contribution in [-0.4, -0.2) is 40.6 Å². The average molecular weight is 652 g/mol. The summed E-state index contributed by atoms with van der Waals surface area (Å²) in [5.74, 6) is -17.9. The van der Waals surface area contributed by atoms with E-state index in [4.69, 9.17) is 34.8 Å². The van der Waals surface area contributed by atoms with Crippen molar-refractivity contribution in [2.24, 2.45) is 7.05 Å². The SMILES string of the molecule is Cn1c(=O)n2n(c1=O)[C@@H]1C[C@@]3(Cl)C(=O)N(c4c(F)c(F)c(F)c(F)c4F)C(=O)[C@@]3(Cl)[C@@H](c3cc(Cl)ccc3O)C1=CC2. The van der Waals surface area contributed by atoms with Crippen molar-refractivity contribution in [1.29, 1.82) is 0 Å². The Morgan fingerprint density at radius 2 is 1.50 bits per heavy atom. The first-order chi connectivity index (χ1) is 19.6. The summed E-state index contributed by atoms with van der Waals surface area (Å²) in [5.41, 5.74) is -3.64. The molecule has 0 spiro atoms. The zero-order chi connectivity index (χ0) is 30.8. The van der Waals surface area contributed by atoms with E-state index in [1.165, 1.54) is 25.3 Å². The highest BCUT2D eigenvalue weighted by atomic mass is 35.5. The molecule has 2 fully saturated rings. The normalized spacial score (nSPS) is 26.7. The number of hydrogen-bond donors (Lipinski definition) is 1. The largest absolute Gasteiger partial charge is 0.508 e. The van der Waals surface area contributed by atoms with Gasteiger partial charge in [-0.25, -0.2) is 50.4 Å². The molecule has 1 saturated carbocycles. The smallest absolute Gasteiger partial charge is 0.347 e. The lowest BCUT2D eigenvalue weighted by Crippen LogP contribution is -2.59. The fraction of sp³-hybridized carbons (Fsp3) is 0.280. The molecular weight excluding hydrogens is 638 g/mol. The number of aromatic nitrogens is 3.